The van der Waals surface area contributed by atoms with Gasteiger partial charge in [0, 0.05) is 30.0 Å². The molecule has 3 amide bonds. The number of carbonyl (C=O) groups excluding carboxylic acids is 3. The maximum absolute atomic E-state index is 13.5. The van der Waals surface area contributed by atoms with E-state index in [0.29, 0.717) is 32.5 Å². The van der Waals surface area contributed by atoms with Crippen LogP contribution in [0.3, 0.4) is 0 Å². The van der Waals surface area contributed by atoms with Gasteiger partial charge in [-0.15, -0.1) is 0 Å². The second-order valence-corrected chi connectivity index (χ2v) is 12.5. The first kappa shape index (κ1) is 29.9. The summed E-state index contributed by atoms with van der Waals surface area (Å²) < 4.78 is 73.1. The number of methoxy groups -OCH3 is 1. The van der Waals surface area contributed by atoms with E-state index in [2.05, 4.69) is 9.84 Å². The molecule has 0 saturated carbocycles. The van der Waals surface area contributed by atoms with E-state index in [1.54, 1.807) is 18.2 Å². The van der Waals surface area contributed by atoms with E-state index in [0.717, 1.165) is 22.4 Å². The number of halogens is 4. The minimum absolute atomic E-state index is 0.00520. The molecule has 0 atom stereocenters. The molecule has 1 aromatic heterocycles. The van der Waals surface area contributed by atoms with E-state index < -0.39 is 39.2 Å². The van der Waals surface area contributed by atoms with Crippen molar-refractivity contribution in [2.75, 3.05) is 33.3 Å². The van der Waals surface area contributed by atoms with Crippen molar-refractivity contribution in [2.24, 2.45) is 0 Å². The molecule has 0 unspecified atom stereocenters. The lowest BCUT2D eigenvalue weighted by Gasteiger charge is -2.19. The molecule has 5 rings (SSSR count). The van der Waals surface area contributed by atoms with E-state index in [1.165, 1.54) is 29.1 Å². The Morgan fingerprint density at radius 1 is 1.14 bits per heavy atom. The molecule has 2 aliphatic rings. The van der Waals surface area contributed by atoms with E-state index in [4.69, 9.17) is 11.6 Å². The predicted molar refractivity (Wildman–Crippen MR) is 148 cm³/mol. The topological polar surface area (TPSA) is 122 Å². The van der Waals surface area contributed by atoms with Crippen LogP contribution in [0, 0.1) is 0 Å². The van der Waals surface area contributed by atoms with Gasteiger partial charge >= 0.3 is 22.5 Å². The SMILES string of the molecule is COC(=O)N1CCN(CCN2C(=O)S/C(=C\c3ccc4c(cnn4Cc4ccc(Cl)cc4C(F)(F)F)c3)C2=O)S1(=O)=O. The zero-order valence-corrected chi connectivity index (χ0v) is 24.1. The summed E-state index contributed by atoms with van der Waals surface area (Å²) in [6.07, 6.45) is -2.64. The Balaban J connectivity index is 1.30. The summed E-state index contributed by atoms with van der Waals surface area (Å²) >= 11 is 6.47. The molecule has 11 nitrogen and oxygen atoms in total. The number of amides is 3. The number of alkyl halides is 3. The Morgan fingerprint density at radius 2 is 1.90 bits per heavy atom. The molecule has 2 aromatic carbocycles. The molecule has 2 fully saturated rings. The van der Waals surface area contributed by atoms with Gasteiger partial charge in [-0.1, -0.05) is 23.7 Å². The van der Waals surface area contributed by atoms with Gasteiger partial charge in [-0.2, -0.15) is 35.3 Å². The number of imide groups is 1. The Morgan fingerprint density at radius 3 is 2.62 bits per heavy atom. The standard InChI is InChI=1S/C25H21ClF3N5O6S2/c1-40-23(36)34-9-7-31(42(34,38)39)6-8-32-22(35)21(41-24(32)37)11-15-2-5-20-17(10-15)13-30-33(20)14-16-3-4-18(26)12-19(16)25(27,28)29/h2-5,10-13H,6-9,14H2,1H3/b21-11-. The number of aromatic nitrogens is 2. The molecule has 17 heteroatoms. The van der Waals surface area contributed by atoms with E-state index in [-0.39, 0.29) is 48.2 Å². The fraction of sp³-hybridized carbons (Fsp3) is 0.280. The molecule has 42 heavy (non-hydrogen) atoms. The number of hydrogen-bond donors (Lipinski definition) is 0. The van der Waals surface area contributed by atoms with Crippen molar-refractivity contribution < 1.29 is 40.7 Å². The van der Waals surface area contributed by atoms with Crippen LogP contribution < -0.4 is 0 Å². The van der Waals surface area contributed by atoms with E-state index in [9.17, 15) is 36.0 Å². The average molecular weight is 644 g/mol. The van der Waals surface area contributed by atoms with Crippen LogP contribution >= 0.6 is 23.4 Å². The minimum atomic E-state index is -4.59. The number of thioether (sulfide) groups is 1. The molecule has 3 heterocycles. The van der Waals surface area contributed by atoms with E-state index in [1.807, 2.05) is 0 Å². The number of nitrogens with zero attached hydrogens (tertiary/aromatic N) is 5. The highest BCUT2D eigenvalue weighted by Crippen LogP contribution is 2.35. The van der Waals surface area contributed by atoms with Crippen LogP contribution in [0.2, 0.25) is 5.02 Å². The number of hydrogen-bond acceptors (Lipinski definition) is 8. The van der Waals surface area contributed by atoms with Crippen LogP contribution in [-0.2, 0) is 32.5 Å². The number of ether oxygens (including phenoxy) is 1. The maximum atomic E-state index is 13.5. The number of carbonyl (C=O) groups is 3. The van der Waals surface area contributed by atoms with Crippen LogP contribution in [-0.4, -0.2) is 82.2 Å². The highest BCUT2D eigenvalue weighted by atomic mass is 35.5. The first-order chi connectivity index (χ1) is 19.8. The van der Waals surface area contributed by atoms with Crippen LogP contribution in [0.25, 0.3) is 17.0 Å². The van der Waals surface area contributed by atoms with Crippen molar-refractivity contribution in [3.63, 3.8) is 0 Å². The Bertz CT molecular complexity index is 1740. The number of rotatable bonds is 6. The third kappa shape index (κ3) is 5.71. The number of benzene rings is 2. The summed E-state index contributed by atoms with van der Waals surface area (Å²) in [5.41, 5.74) is 0.241. The molecular formula is C25H21ClF3N5O6S2. The van der Waals surface area contributed by atoms with Gasteiger partial charge in [-0.3, -0.25) is 19.2 Å². The lowest BCUT2D eigenvalue weighted by Crippen LogP contribution is -2.41. The highest BCUT2D eigenvalue weighted by Gasteiger charge is 2.42. The highest BCUT2D eigenvalue weighted by molar-refractivity contribution is 8.18. The van der Waals surface area contributed by atoms with Crippen molar-refractivity contribution in [3.8, 4) is 0 Å². The summed E-state index contributed by atoms with van der Waals surface area (Å²) in [6.45, 7) is -0.688. The fourth-order valence-corrected chi connectivity index (χ4v) is 7.09. The van der Waals surface area contributed by atoms with Gasteiger partial charge in [0.1, 0.15) is 0 Å². The Hall–Kier alpha value is -3.60. The van der Waals surface area contributed by atoms with Crippen LogP contribution in [0.1, 0.15) is 16.7 Å². The molecule has 0 aliphatic carbocycles. The molecule has 0 spiro atoms. The molecule has 0 radical (unpaired) electrons. The summed E-state index contributed by atoms with van der Waals surface area (Å²) in [4.78, 5) is 38.2. The Labute approximate surface area is 246 Å². The molecule has 2 aliphatic heterocycles. The molecule has 0 N–H and O–H groups in total. The molecule has 3 aromatic rings. The number of fused-ring (bicyclic) bond motifs is 1. The minimum Gasteiger partial charge on any atom is -0.452 e. The van der Waals surface area contributed by atoms with Gasteiger partial charge in [-0.05, 0) is 53.2 Å². The lowest BCUT2D eigenvalue weighted by molar-refractivity contribution is -0.138. The normalized spacial score (nSPS) is 18.5. The average Bonchev–Trinajstić information content (AvgIpc) is 3.55. The first-order valence-corrected chi connectivity index (χ1v) is 14.8. The zero-order chi connectivity index (χ0) is 30.4. The smallest absolute Gasteiger partial charge is 0.424 e. The maximum Gasteiger partial charge on any atom is 0.424 e. The van der Waals surface area contributed by atoms with Gasteiger partial charge in [0.15, 0.2) is 0 Å². The van der Waals surface area contributed by atoms with Crippen LogP contribution in [0.5, 0.6) is 0 Å². The summed E-state index contributed by atoms with van der Waals surface area (Å²) in [7, 11) is -3.07. The fourth-order valence-electron chi connectivity index (χ4n) is 4.58. The van der Waals surface area contributed by atoms with Crippen LogP contribution in [0.4, 0.5) is 22.8 Å². The molecule has 222 valence electrons. The first-order valence-electron chi connectivity index (χ1n) is 12.2. The molecule has 0 bridgehead atoms. The van der Waals surface area contributed by atoms with Crippen molar-refractivity contribution in [3.05, 3.63) is 69.2 Å². The van der Waals surface area contributed by atoms with Gasteiger partial charge in [0.25, 0.3) is 11.1 Å². The van der Waals surface area contributed by atoms with Gasteiger partial charge in [0.2, 0.25) is 0 Å². The van der Waals surface area contributed by atoms with Crippen LogP contribution in [0.15, 0.2) is 47.5 Å². The monoisotopic (exact) mass is 643 g/mol. The van der Waals surface area contributed by atoms with Gasteiger partial charge in [0.05, 0.1) is 42.4 Å². The third-order valence-corrected chi connectivity index (χ3v) is 9.69. The second kappa shape index (κ2) is 11.2. The Kier molecular flexibility index (Phi) is 8.00. The van der Waals surface area contributed by atoms with Crippen molar-refractivity contribution >= 4 is 67.8 Å². The lowest BCUT2D eigenvalue weighted by atomic mass is 10.1. The van der Waals surface area contributed by atoms with Crippen molar-refractivity contribution in [2.45, 2.75) is 12.7 Å². The zero-order valence-electron chi connectivity index (χ0n) is 21.7. The third-order valence-electron chi connectivity index (χ3n) is 6.64. The van der Waals surface area contributed by atoms with Crippen molar-refractivity contribution in [1.29, 1.82) is 0 Å². The van der Waals surface area contributed by atoms with Gasteiger partial charge < -0.3 is 4.74 Å². The molecule has 2 saturated heterocycles. The summed E-state index contributed by atoms with van der Waals surface area (Å²) in [5.74, 6) is -0.607. The largest absolute Gasteiger partial charge is 0.452 e. The van der Waals surface area contributed by atoms with E-state index >= 15 is 0 Å². The quantitative estimate of drug-likeness (QED) is 0.362. The van der Waals surface area contributed by atoms with Gasteiger partial charge in [-0.25, -0.2) is 4.79 Å². The second-order valence-electron chi connectivity index (χ2n) is 9.20. The summed E-state index contributed by atoms with van der Waals surface area (Å²) in [5, 5.41) is 4.21. The predicted octanol–water partition coefficient (Wildman–Crippen LogP) is 4.42. The molecular weight excluding hydrogens is 623 g/mol. The van der Waals surface area contributed by atoms with Crippen molar-refractivity contribution in [1.82, 2.24) is 23.3 Å². The summed E-state index contributed by atoms with van der Waals surface area (Å²) in [6, 6.07) is 8.51.